The average molecular weight is 359 g/mol. The fraction of sp³-hybridized carbons (Fsp3) is 0.167. The van der Waals surface area contributed by atoms with E-state index in [2.05, 4.69) is 5.32 Å². The van der Waals surface area contributed by atoms with E-state index < -0.39 is 18.0 Å². The van der Waals surface area contributed by atoms with E-state index in [0.717, 1.165) is 0 Å². The van der Waals surface area contributed by atoms with Crippen LogP contribution in [-0.4, -0.2) is 25.1 Å². The number of carbonyl (C=O) groups excluding carboxylic acids is 2. The monoisotopic (exact) mass is 358 g/mol. The van der Waals surface area contributed by atoms with Gasteiger partial charge in [-0.05, 0) is 49.4 Å². The van der Waals surface area contributed by atoms with Gasteiger partial charge in [-0.15, -0.1) is 0 Å². The molecule has 2 aromatic carbocycles. The molecule has 0 fully saturated rings. The number of hydrogen-bond donors (Lipinski definition) is 1. The second-order valence-corrected chi connectivity index (χ2v) is 5.51. The molecule has 0 radical (unpaired) electrons. The summed E-state index contributed by atoms with van der Waals surface area (Å²) in [6.07, 6.45) is -1.04. The molecule has 0 heterocycles. The van der Waals surface area contributed by atoms with E-state index in [1.807, 2.05) is 6.07 Å². The van der Waals surface area contributed by atoms with Gasteiger partial charge in [0, 0.05) is 10.7 Å². The minimum absolute atomic E-state index is 0.132. The molecule has 2 rings (SSSR count). The number of nitrogens with one attached hydrogen (secondary N) is 1. The maximum Gasteiger partial charge on any atom is 0.342 e. The largest absolute Gasteiger partial charge is 0.496 e. The fourth-order valence-electron chi connectivity index (χ4n) is 1.99. The second kappa shape index (κ2) is 8.18. The number of amides is 1. The molecule has 2 aromatic rings. The van der Waals surface area contributed by atoms with E-state index in [1.54, 1.807) is 36.4 Å². The van der Waals surface area contributed by atoms with Crippen LogP contribution in [0.1, 0.15) is 22.8 Å². The van der Waals surface area contributed by atoms with Crippen LogP contribution in [0.5, 0.6) is 5.75 Å². The Labute approximate surface area is 149 Å². The summed E-state index contributed by atoms with van der Waals surface area (Å²) < 4.78 is 10.3. The minimum atomic E-state index is -1.04. The quantitative estimate of drug-likeness (QED) is 0.827. The smallest absolute Gasteiger partial charge is 0.342 e. The minimum Gasteiger partial charge on any atom is -0.496 e. The first-order valence-corrected chi connectivity index (χ1v) is 7.68. The van der Waals surface area contributed by atoms with Crippen molar-refractivity contribution in [2.75, 3.05) is 12.4 Å². The summed E-state index contributed by atoms with van der Waals surface area (Å²) in [5, 5.41) is 11.7. The summed E-state index contributed by atoms with van der Waals surface area (Å²) in [6, 6.07) is 12.8. The lowest BCUT2D eigenvalue weighted by atomic mass is 10.2. The second-order valence-electron chi connectivity index (χ2n) is 5.07. The van der Waals surface area contributed by atoms with Crippen molar-refractivity contribution in [1.82, 2.24) is 0 Å². The summed E-state index contributed by atoms with van der Waals surface area (Å²) in [7, 11) is 1.42. The molecule has 1 N–H and O–H groups in total. The molecule has 6 nitrogen and oxygen atoms in total. The lowest BCUT2D eigenvalue weighted by molar-refractivity contribution is -0.123. The Bertz CT molecular complexity index is 828. The Morgan fingerprint density at radius 3 is 2.48 bits per heavy atom. The van der Waals surface area contributed by atoms with Crippen molar-refractivity contribution in [3.63, 3.8) is 0 Å². The zero-order valence-electron chi connectivity index (χ0n) is 13.6. The van der Waals surface area contributed by atoms with Gasteiger partial charge in [0.1, 0.15) is 11.3 Å². The third kappa shape index (κ3) is 4.72. The standard InChI is InChI=1S/C18H15ClN2O4/c1-11(17(22)21-14-6-3-12(10-20)4-7-14)25-18(23)15-9-13(19)5-8-16(15)24-2/h3-9,11H,1-2H3,(H,21,22)/t11-/m0/s1. The SMILES string of the molecule is COc1ccc(Cl)cc1C(=O)O[C@@H](C)C(=O)Nc1ccc(C#N)cc1. The summed E-state index contributed by atoms with van der Waals surface area (Å²) in [5.74, 6) is -0.921. The summed E-state index contributed by atoms with van der Waals surface area (Å²) >= 11 is 5.88. The number of nitriles is 1. The van der Waals surface area contributed by atoms with Crippen LogP contribution in [0, 0.1) is 11.3 Å². The number of nitrogens with zero attached hydrogens (tertiary/aromatic N) is 1. The van der Waals surface area contributed by atoms with Crippen molar-refractivity contribution in [3.05, 3.63) is 58.6 Å². The van der Waals surface area contributed by atoms with Crippen LogP contribution >= 0.6 is 11.6 Å². The Balaban J connectivity index is 2.04. The zero-order valence-corrected chi connectivity index (χ0v) is 14.3. The number of rotatable bonds is 5. The predicted molar refractivity (Wildman–Crippen MR) is 92.7 cm³/mol. The number of ether oxygens (including phenoxy) is 2. The molecule has 1 amide bonds. The number of carbonyl (C=O) groups is 2. The molecule has 7 heteroatoms. The van der Waals surface area contributed by atoms with Crippen LogP contribution < -0.4 is 10.1 Å². The number of benzene rings is 2. The molecule has 128 valence electrons. The first kappa shape index (κ1) is 18.3. The Hall–Kier alpha value is -3.04. The molecule has 0 unspecified atom stereocenters. The number of halogens is 1. The fourth-order valence-corrected chi connectivity index (χ4v) is 2.16. The lowest BCUT2D eigenvalue weighted by Crippen LogP contribution is -2.30. The summed E-state index contributed by atoms with van der Waals surface area (Å²) in [6.45, 7) is 1.45. The molecular weight excluding hydrogens is 344 g/mol. The van der Waals surface area contributed by atoms with E-state index in [-0.39, 0.29) is 5.56 Å². The van der Waals surface area contributed by atoms with E-state index in [4.69, 9.17) is 26.3 Å². The molecule has 1 atom stereocenters. The summed E-state index contributed by atoms with van der Waals surface area (Å²) in [5.41, 5.74) is 1.10. The van der Waals surface area contributed by atoms with Gasteiger partial charge in [-0.25, -0.2) is 4.79 Å². The van der Waals surface area contributed by atoms with Crippen LogP contribution in [0.3, 0.4) is 0 Å². The average Bonchev–Trinajstić information content (AvgIpc) is 2.62. The van der Waals surface area contributed by atoms with Crippen molar-refractivity contribution in [3.8, 4) is 11.8 Å². The van der Waals surface area contributed by atoms with E-state index in [0.29, 0.717) is 22.0 Å². The molecule has 0 spiro atoms. The van der Waals surface area contributed by atoms with Gasteiger partial charge in [-0.1, -0.05) is 11.6 Å². The topological polar surface area (TPSA) is 88.4 Å². The van der Waals surface area contributed by atoms with E-state index in [1.165, 1.54) is 20.1 Å². The van der Waals surface area contributed by atoms with Gasteiger partial charge in [0.2, 0.25) is 0 Å². The molecule has 25 heavy (non-hydrogen) atoms. The van der Waals surface area contributed by atoms with E-state index in [9.17, 15) is 9.59 Å². The van der Waals surface area contributed by atoms with Gasteiger partial charge in [-0.3, -0.25) is 4.79 Å². The lowest BCUT2D eigenvalue weighted by Gasteiger charge is -2.15. The molecule has 0 aliphatic rings. The molecule has 0 saturated heterocycles. The van der Waals surface area contributed by atoms with Gasteiger partial charge in [0.25, 0.3) is 5.91 Å². The molecule has 0 aromatic heterocycles. The van der Waals surface area contributed by atoms with Gasteiger partial charge in [-0.2, -0.15) is 5.26 Å². The Morgan fingerprint density at radius 1 is 1.20 bits per heavy atom. The van der Waals surface area contributed by atoms with Gasteiger partial charge >= 0.3 is 5.97 Å². The molecular formula is C18H15ClN2O4. The number of esters is 1. The predicted octanol–water partition coefficient (Wildman–Crippen LogP) is 3.40. The highest BCUT2D eigenvalue weighted by Crippen LogP contribution is 2.24. The van der Waals surface area contributed by atoms with Gasteiger partial charge < -0.3 is 14.8 Å². The molecule has 0 aliphatic heterocycles. The van der Waals surface area contributed by atoms with Crippen LogP contribution in [0.15, 0.2) is 42.5 Å². The maximum absolute atomic E-state index is 12.3. The number of hydrogen-bond acceptors (Lipinski definition) is 5. The van der Waals surface area contributed by atoms with Crippen molar-refractivity contribution in [2.45, 2.75) is 13.0 Å². The highest BCUT2D eigenvalue weighted by molar-refractivity contribution is 6.31. The third-order valence-corrected chi connectivity index (χ3v) is 3.55. The Kier molecular flexibility index (Phi) is 5.98. The van der Waals surface area contributed by atoms with Crippen molar-refractivity contribution in [2.24, 2.45) is 0 Å². The normalized spacial score (nSPS) is 11.1. The highest BCUT2D eigenvalue weighted by Gasteiger charge is 2.21. The molecule has 0 saturated carbocycles. The number of anilines is 1. The van der Waals surface area contributed by atoms with Crippen LogP contribution in [0.4, 0.5) is 5.69 Å². The maximum atomic E-state index is 12.3. The number of methoxy groups -OCH3 is 1. The van der Waals surface area contributed by atoms with Gasteiger partial charge in [0.15, 0.2) is 6.10 Å². The zero-order chi connectivity index (χ0) is 18.4. The van der Waals surface area contributed by atoms with Gasteiger partial charge in [0.05, 0.1) is 18.7 Å². The van der Waals surface area contributed by atoms with Crippen LogP contribution in [0.25, 0.3) is 0 Å². The van der Waals surface area contributed by atoms with Crippen molar-refractivity contribution >= 4 is 29.2 Å². The third-order valence-electron chi connectivity index (χ3n) is 3.32. The van der Waals surface area contributed by atoms with Crippen molar-refractivity contribution in [1.29, 1.82) is 5.26 Å². The van der Waals surface area contributed by atoms with Crippen LogP contribution in [0.2, 0.25) is 5.02 Å². The van der Waals surface area contributed by atoms with Crippen molar-refractivity contribution < 1.29 is 19.1 Å². The van der Waals surface area contributed by atoms with E-state index >= 15 is 0 Å². The summed E-state index contributed by atoms with van der Waals surface area (Å²) in [4.78, 5) is 24.4. The molecule has 0 bridgehead atoms. The first-order chi connectivity index (χ1) is 11.9. The first-order valence-electron chi connectivity index (χ1n) is 7.30. The van der Waals surface area contributed by atoms with Crippen LogP contribution in [-0.2, 0) is 9.53 Å². The Morgan fingerprint density at radius 2 is 1.88 bits per heavy atom. The highest BCUT2D eigenvalue weighted by atomic mass is 35.5. The molecule has 0 aliphatic carbocycles.